The van der Waals surface area contributed by atoms with E-state index in [4.69, 9.17) is 0 Å². The van der Waals surface area contributed by atoms with Gasteiger partial charge in [0.2, 0.25) is 0 Å². The molecule has 23 heavy (non-hydrogen) atoms. The Bertz CT molecular complexity index is 708. The van der Waals surface area contributed by atoms with Gasteiger partial charge in [-0.15, -0.1) is 0 Å². The normalized spacial score (nSPS) is 29.8. The van der Waals surface area contributed by atoms with E-state index in [1.807, 2.05) is 6.92 Å². The maximum absolute atomic E-state index is 12.6. The van der Waals surface area contributed by atoms with Crippen LogP contribution in [0.4, 0.5) is 0 Å². The third-order valence-electron chi connectivity index (χ3n) is 5.93. The number of fused-ring (bicyclic) bond motifs is 2. The molecule has 2 fully saturated rings. The fourth-order valence-electron chi connectivity index (χ4n) is 4.01. The zero-order valence-corrected chi connectivity index (χ0v) is 13.6. The summed E-state index contributed by atoms with van der Waals surface area (Å²) in [7, 11) is 0. The molecule has 122 valence electrons. The van der Waals surface area contributed by atoms with Gasteiger partial charge in [0.05, 0.1) is 5.56 Å². The summed E-state index contributed by atoms with van der Waals surface area (Å²) in [5.41, 5.74) is 5.81. The van der Waals surface area contributed by atoms with Crippen LogP contribution >= 0.6 is 0 Å². The Kier molecular flexibility index (Phi) is 3.47. The fourth-order valence-corrected chi connectivity index (χ4v) is 4.01. The molecule has 0 radical (unpaired) electrons. The molecule has 0 aromatic heterocycles. The third-order valence-corrected chi connectivity index (χ3v) is 5.93. The topological polar surface area (TPSA) is 78.4 Å². The van der Waals surface area contributed by atoms with Crippen LogP contribution < -0.4 is 10.9 Å². The van der Waals surface area contributed by atoms with Gasteiger partial charge in [-0.25, -0.2) is 0 Å². The second-order valence-electron chi connectivity index (χ2n) is 7.19. The van der Waals surface area contributed by atoms with Crippen molar-refractivity contribution in [2.75, 3.05) is 0 Å². The Morgan fingerprint density at radius 2 is 2.00 bits per heavy atom. The van der Waals surface area contributed by atoms with E-state index >= 15 is 0 Å². The van der Waals surface area contributed by atoms with Crippen LogP contribution in [0.25, 0.3) is 0 Å². The van der Waals surface area contributed by atoms with E-state index in [0.29, 0.717) is 0 Å². The number of hydrogen-bond acceptors (Lipinski definition) is 4. The highest BCUT2D eigenvalue weighted by atomic mass is 16.3. The Hall–Kier alpha value is -2.30. The standard InChI is InChI=1S/C18H22N2O3/c1-17(2)13-8-9-18(17,3)15(22)12(13)10-19-20-16(23)11-6-4-5-7-14(11)21/h4-7,10,13,19,21H,8-9H2,1-3H3,(H,20,23)/b12-10-. The second-order valence-corrected chi connectivity index (χ2v) is 7.19. The lowest BCUT2D eigenvalue weighted by Crippen LogP contribution is -2.35. The molecule has 2 aliphatic carbocycles. The quantitative estimate of drug-likeness (QED) is 0.592. The molecular formula is C18H22N2O3. The van der Waals surface area contributed by atoms with Gasteiger partial charge in [0.15, 0.2) is 5.78 Å². The highest BCUT2D eigenvalue weighted by Gasteiger charge is 2.63. The summed E-state index contributed by atoms with van der Waals surface area (Å²) in [5.74, 6) is -0.136. The van der Waals surface area contributed by atoms with Gasteiger partial charge in [0.1, 0.15) is 5.75 Å². The highest BCUT2D eigenvalue weighted by molar-refractivity contribution is 6.04. The van der Waals surface area contributed by atoms with E-state index in [1.165, 1.54) is 12.1 Å². The molecule has 0 aliphatic heterocycles. The first-order valence-corrected chi connectivity index (χ1v) is 7.88. The number of hydrogen-bond donors (Lipinski definition) is 3. The molecule has 0 spiro atoms. The van der Waals surface area contributed by atoms with E-state index < -0.39 is 5.91 Å². The van der Waals surface area contributed by atoms with Crippen LogP contribution in [0.2, 0.25) is 0 Å². The zero-order chi connectivity index (χ0) is 16.8. The molecule has 3 rings (SSSR count). The number of phenols is 1. The van der Waals surface area contributed by atoms with Gasteiger partial charge in [-0.3, -0.25) is 15.0 Å². The Balaban J connectivity index is 1.72. The van der Waals surface area contributed by atoms with Gasteiger partial charge in [0.25, 0.3) is 5.91 Å². The second kappa shape index (κ2) is 5.11. The molecule has 1 aromatic rings. The number of allylic oxidation sites excluding steroid dienone is 1. The first-order chi connectivity index (χ1) is 10.8. The number of benzene rings is 1. The number of ketones is 1. The smallest absolute Gasteiger partial charge is 0.273 e. The van der Waals surface area contributed by atoms with E-state index in [1.54, 1.807) is 18.3 Å². The summed E-state index contributed by atoms with van der Waals surface area (Å²) in [6.45, 7) is 6.32. The maximum Gasteiger partial charge on any atom is 0.273 e. The molecule has 0 saturated heterocycles. The maximum atomic E-state index is 12.6. The highest BCUT2D eigenvalue weighted by Crippen LogP contribution is 2.65. The first-order valence-electron chi connectivity index (χ1n) is 7.88. The minimum absolute atomic E-state index is 0.0562. The molecule has 3 N–H and O–H groups in total. The van der Waals surface area contributed by atoms with Crippen molar-refractivity contribution < 1.29 is 14.7 Å². The van der Waals surface area contributed by atoms with Crippen molar-refractivity contribution in [2.45, 2.75) is 33.6 Å². The molecule has 0 heterocycles. The molecule has 5 heteroatoms. The lowest BCUT2D eigenvalue weighted by atomic mass is 9.70. The first kappa shape index (κ1) is 15.6. The lowest BCUT2D eigenvalue weighted by molar-refractivity contribution is -0.125. The van der Waals surface area contributed by atoms with Crippen LogP contribution in [0.5, 0.6) is 5.75 Å². The molecule has 2 bridgehead atoms. The Morgan fingerprint density at radius 3 is 2.61 bits per heavy atom. The average Bonchev–Trinajstić information content (AvgIpc) is 2.81. The number of para-hydroxylation sites is 1. The molecular weight excluding hydrogens is 292 g/mol. The zero-order valence-electron chi connectivity index (χ0n) is 13.6. The predicted octanol–water partition coefficient (Wildman–Crippen LogP) is 2.54. The largest absolute Gasteiger partial charge is 0.507 e. The van der Waals surface area contributed by atoms with Gasteiger partial charge in [-0.2, -0.15) is 0 Å². The van der Waals surface area contributed by atoms with Crippen molar-refractivity contribution in [3.63, 3.8) is 0 Å². The van der Waals surface area contributed by atoms with Gasteiger partial charge in [0, 0.05) is 17.2 Å². The monoisotopic (exact) mass is 314 g/mol. The summed E-state index contributed by atoms with van der Waals surface area (Å²) in [5, 5.41) is 9.66. The number of aromatic hydroxyl groups is 1. The van der Waals surface area contributed by atoms with Crippen LogP contribution in [0.3, 0.4) is 0 Å². The summed E-state index contributed by atoms with van der Waals surface area (Å²) >= 11 is 0. The molecule has 2 atom stereocenters. The fraction of sp³-hybridized carbons (Fsp3) is 0.444. The van der Waals surface area contributed by atoms with Crippen LogP contribution in [0.15, 0.2) is 36.0 Å². The minimum atomic E-state index is -0.443. The van der Waals surface area contributed by atoms with Gasteiger partial charge in [-0.05, 0) is 36.3 Å². The van der Waals surface area contributed by atoms with Crippen molar-refractivity contribution in [1.29, 1.82) is 0 Å². The van der Waals surface area contributed by atoms with Crippen LogP contribution in [-0.4, -0.2) is 16.8 Å². The summed E-state index contributed by atoms with van der Waals surface area (Å²) in [6, 6.07) is 6.32. The van der Waals surface area contributed by atoms with Crippen molar-refractivity contribution >= 4 is 11.7 Å². The molecule has 2 saturated carbocycles. The number of phenolic OH excluding ortho intramolecular Hbond substituents is 1. The number of carbonyl (C=O) groups is 2. The van der Waals surface area contributed by atoms with E-state index in [0.717, 1.165) is 18.4 Å². The van der Waals surface area contributed by atoms with E-state index in [-0.39, 0.29) is 33.8 Å². The Morgan fingerprint density at radius 1 is 1.30 bits per heavy atom. The summed E-state index contributed by atoms with van der Waals surface area (Å²) in [6.07, 6.45) is 3.53. The van der Waals surface area contributed by atoms with E-state index in [2.05, 4.69) is 24.7 Å². The third kappa shape index (κ3) is 2.14. The van der Waals surface area contributed by atoms with Crippen molar-refractivity contribution in [1.82, 2.24) is 10.9 Å². The SMILES string of the molecule is CC12CCC(/C(=C/NNC(=O)c3ccccc3O)C1=O)C2(C)C. The van der Waals surface area contributed by atoms with Crippen LogP contribution in [0, 0.1) is 16.7 Å². The number of rotatable bonds is 3. The van der Waals surface area contributed by atoms with Crippen molar-refractivity contribution in [3.05, 3.63) is 41.6 Å². The Labute approximate surface area is 135 Å². The van der Waals surface area contributed by atoms with Crippen molar-refractivity contribution in [3.8, 4) is 5.75 Å². The summed E-state index contributed by atoms with van der Waals surface area (Å²) in [4.78, 5) is 24.7. The van der Waals surface area contributed by atoms with Gasteiger partial charge in [-0.1, -0.05) is 32.9 Å². The number of amides is 1. The van der Waals surface area contributed by atoms with Crippen LogP contribution in [-0.2, 0) is 4.79 Å². The van der Waals surface area contributed by atoms with E-state index in [9.17, 15) is 14.7 Å². The number of Topliss-reactive ketones (excluding diaryl/α,β-unsaturated/α-hetero) is 1. The lowest BCUT2D eigenvalue weighted by Gasteiger charge is -2.31. The van der Waals surface area contributed by atoms with Gasteiger partial charge >= 0.3 is 0 Å². The summed E-state index contributed by atoms with van der Waals surface area (Å²) < 4.78 is 0. The molecule has 1 amide bonds. The van der Waals surface area contributed by atoms with Crippen LogP contribution in [0.1, 0.15) is 44.0 Å². The van der Waals surface area contributed by atoms with Crippen molar-refractivity contribution in [2.24, 2.45) is 16.7 Å². The molecule has 2 unspecified atom stereocenters. The predicted molar refractivity (Wildman–Crippen MR) is 86.4 cm³/mol. The molecule has 2 aliphatic rings. The molecule has 5 nitrogen and oxygen atoms in total. The number of carbonyl (C=O) groups excluding carboxylic acids is 2. The number of hydrazine groups is 1. The average molecular weight is 314 g/mol. The number of nitrogens with one attached hydrogen (secondary N) is 2. The molecule has 1 aromatic carbocycles. The van der Waals surface area contributed by atoms with Gasteiger partial charge < -0.3 is 10.5 Å². The minimum Gasteiger partial charge on any atom is -0.507 e.